The van der Waals surface area contributed by atoms with Crippen LogP contribution in [0.3, 0.4) is 0 Å². The molecule has 0 bridgehead atoms. The smallest absolute Gasteiger partial charge is 0.275 e. The van der Waals surface area contributed by atoms with Crippen LogP contribution in [0.25, 0.3) is 0 Å². The van der Waals surface area contributed by atoms with Crippen LogP contribution in [0.2, 0.25) is 5.02 Å². The number of aromatic nitrogens is 2. The first-order valence-corrected chi connectivity index (χ1v) is 8.73. The molecule has 5 nitrogen and oxygen atoms in total. The normalized spacial score (nSPS) is 10.4. The first-order valence-electron chi connectivity index (χ1n) is 8.35. The molecule has 0 aliphatic carbocycles. The van der Waals surface area contributed by atoms with Crippen LogP contribution in [0.1, 0.15) is 28.5 Å². The Morgan fingerprint density at radius 1 is 1.04 bits per heavy atom. The van der Waals surface area contributed by atoms with E-state index in [-0.39, 0.29) is 11.6 Å². The van der Waals surface area contributed by atoms with Crippen molar-refractivity contribution in [3.8, 4) is 0 Å². The van der Waals surface area contributed by atoms with Crippen molar-refractivity contribution in [1.29, 1.82) is 0 Å². The van der Waals surface area contributed by atoms with E-state index in [9.17, 15) is 4.79 Å². The Balaban J connectivity index is 1.59. The number of carbonyl (C=O) groups is 1. The minimum Gasteiger partial charge on any atom is -0.365 e. The zero-order chi connectivity index (χ0) is 18.4. The van der Waals surface area contributed by atoms with Gasteiger partial charge in [0.2, 0.25) is 0 Å². The lowest BCUT2D eigenvalue weighted by molar-refractivity contribution is 0.102. The van der Waals surface area contributed by atoms with E-state index in [1.54, 1.807) is 0 Å². The fourth-order valence-electron chi connectivity index (χ4n) is 2.38. The summed E-state index contributed by atoms with van der Waals surface area (Å²) in [6, 6.07) is 15.3. The molecule has 0 aliphatic rings. The highest BCUT2D eigenvalue weighted by Crippen LogP contribution is 2.16. The average molecular weight is 367 g/mol. The van der Waals surface area contributed by atoms with Crippen LogP contribution >= 0.6 is 11.6 Å². The quantitative estimate of drug-likeness (QED) is 0.671. The molecule has 0 atom stereocenters. The molecular weight excluding hydrogens is 348 g/mol. The van der Waals surface area contributed by atoms with Crippen molar-refractivity contribution < 1.29 is 4.79 Å². The maximum atomic E-state index is 12.3. The van der Waals surface area contributed by atoms with Crippen LogP contribution in [-0.4, -0.2) is 15.9 Å². The summed E-state index contributed by atoms with van der Waals surface area (Å²) >= 11 is 6.12. The summed E-state index contributed by atoms with van der Waals surface area (Å²) in [5, 5.41) is 6.65. The number of halogens is 1. The van der Waals surface area contributed by atoms with Gasteiger partial charge in [0.15, 0.2) is 0 Å². The zero-order valence-corrected chi connectivity index (χ0v) is 15.1. The Kier molecular flexibility index (Phi) is 5.81. The molecule has 0 radical (unpaired) electrons. The molecule has 0 saturated heterocycles. The summed E-state index contributed by atoms with van der Waals surface area (Å²) in [7, 11) is 0. The van der Waals surface area contributed by atoms with E-state index in [0.717, 1.165) is 17.7 Å². The Bertz CT molecular complexity index is 879. The summed E-state index contributed by atoms with van der Waals surface area (Å²) in [5.74, 6) is 0.285. The highest BCUT2D eigenvalue weighted by Gasteiger charge is 2.09. The van der Waals surface area contributed by atoms with Crippen LogP contribution in [-0.2, 0) is 13.0 Å². The second-order valence-electron chi connectivity index (χ2n) is 5.74. The van der Waals surface area contributed by atoms with Gasteiger partial charge in [0.05, 0.1) is 12.4 Å². The molecule has 0 saturated carbocycles. The molecule has 1 amide bonds. The lowest BCUT2D eigenvalue weighted by atomic mass is 10.1. The first kappa shape index (κ1) is 17.9. The van der Waals surface area contributed by atoms with Crippen molar-refractivity contribution in [2.24, 2.45) is 0 Å². The van der Waals surface area contributed by atoms with Gasteiger partial charge in [0.25, 0.3) is 5.91 Å². The lowest BCUT2D eigenvalue weighted by Gasteiger charge is -2.08. The monoisotopic (exact) mass is 366 g/mol. The summed E-state index contributed by atoms with van der Waals surface area (Å²) in [6.45, 7) is 2.62. The van der Waals surface area contributed by atoms with Crippen LogP contribution in [0.4, 0.5) is 11.5 Å². The number of hydrogen-bond donors (Lipinski definition) is 2. The van der Waals surface area contributed by atoms with Gasteiger partial charge in [-0.2, -0.15) is 0 Å². The second-order valence-corrected chi connectivity index (χ2v) is 6.14. The number of carbonyl (C=O) groups excluding carboxylic acids is 1. The van der Waals surface area contributed by atoms with Crippen molar-refractivity contribution in [3.63, 3.8) is 0 Å². The third kappa shape index (κ3) is 4.58. The van der Waals surface area contributed by atoms with Crippen molar-refractivity contribution in [1.82, 2.24) is 9.97 Å². The molecule has 3 aromatic rings. The number of anilines is 2. The van der Waals surface area contributed by atoms with E-state index in [1.807, 2.05) is 48.5 Å². The highest BCUT2D eigenvalue weighted by molar-refractivity contribution is 6.31. The van der Waals surface area contributed by atoms with Gasteiger partial charge in [0.1, 0.15) is 11.5 Å². The van der Waals surface area contributed by atoms with Gasteiger partial charge in [-0.05, 0) is 35.7 Å². The molecule has 1 heterocycles. The number of aryl methyl sites for hydroxylation is 1. The van der Waals surface area contributed by atoms with E-state index in [0.29, 0.717) is 17.4 Å². The standard InChI is InChI=1S/C20H19ClN4O/c1-2-14-7-9-16(10-8-14)25-20(26)18-12-24-19(13-22-18)23-11-15-5-3-4-6-17(15)21/h3-10,12-13H,2,11H2,1H3,(H,23,24)(H,25,26). The van der Waals surface area contributed by atoms with E-state index in [2.05, 4.69) is 27.5 Å². The Labute approximate surface area is 157 Å². The second kappa shape index (κ2) is 8.45. The third-order valence-corrected chi connectivity index (χ3v) is 4.29. The fraction of sp³-hybridized carbons (Fsp3) is 0.150. The van der Waals surface area contributed by atoms with Gasteiger partial charge >= 0.3 is 0 Å². The van der Waals surface area contributed by atoms with Gasteiger partial charge in [-0.25, -0.2) is 9.97 Å². The SMILES string of the molecule is CCc1ccc(NC(=O)c2cnc(NCc3ccccc3Cl)cn2)cc1. The minimum atomic E-state index is -0.292. The number of nitrogens with one attached hydrogen (secondary N) is 2. The summed E-state index contributed by atoms with van der Waals surface area (Å²) in [5.41, 5.74) is 3.17. The van der Waals surface area contributed by atoms with Crippen LogP contribution < -0.4 is 10.6 Å². The van der Waals surface area contributed by atoms with Gasteiger partial charge in [-0.1, -0.05) is 48.9 Å². The predicted molar refractivity (Wildman–Crippen MR) is 105 cm³/mol. The molecule has 0 unspecified atom stereocenters. The highest BCUT2D eigenvalue weighted by atomic mass is 35.5. The predicted octanol–water partition coefficient (Wildman–Crippen LogP) is 4.56. The summed E-state index contributed by atoms with van der Waals surface area (Å²) in [4.78, 5) is 20.7. The lowest BCUT2D eigenvalue weighted by Crippen LogP contribution is -2.14. The minimum absolute atomic E-state index is 0.257. The average Bonchev–Trinajstić information content (AvgIpc) is 2.68. The molecule has 0 aliphatic heterocycles. The maximum Gasteiger partial charge on any atom is 0.275 e. The van der Waals surface area contributed by atoms with Crippen molar-refractivity contribution in [3.05, 3.63) is 82.8 Å². The number of nitrogens with zero attached hydrogens (tertiary/aromatic N) is 2. The van der Waals surface area contributed by atoms with Crippen LogP contribution in [0.15, 0.2) is 60.9 Å². The molecular formula is C20H19ClN4O. The molecule has 26 heavy (non-hydrogen) atoms. The number of amides is 1. The van der Waals surface area contributed by atoms with E-state index < -0.39 is 0 Å². The molecule has 3 rings (SSSR count). The van der Waals surface area contributed by atoms with E-state index in [4.69, 9.17) is 11.6 Å². The zero-order valence-electron chi connectivity index (χ0n) is 14.4. The molecule has 0 spiro atoms. The molecule has 6 heteroatoms. The fourth-order valence-corrected chi connectivity index (χ4v) is 2.59. The van der Waals surface area contributed by atoms with Gasteiger partial charge in [-0.3, -0.25) is 4.79 Å². The van der Waals surface area contributed by atoms with Crippen LogP contribution in [0, 0.1) is 0 Å². The van der Waals surface area contributed by atoms with Gasteiger partial charge in [0, 0.05) is 17.3 Å². The molecule has 0 fully saturated rings. The first-order chi connectivity index (χ1) is 12.7. The number of rotatable bonds is 6. The van der Waals surface area contributed by atoms with Gasteiger partial charge in [-0.15, -0.1) is 0 Å². The largest absolute Gasteiger partial charge is 0.365 e. The maximum absolute atomic E-state index is 12.3. The molecule has 1 aromatic heterocycles. The molecule has 2 N–H and O–H groups in total. The van der Waals surface area contributed by atoms with Crippen molar-refractivity contribution in [2.75, 3.05) is 10.6 Å². The topological polar surface area (TPSA) is 66.9 Å². The molecule has 2 aromatic carbocycles. The molecule has 132 valence electrons. The Morgan fingerprint density at radius 2 is 1.81 bits per heavy atom. The number of hydrogen-bond acceptors (Lipinski definition) is 4. The summed E-state index contributed by atoms with van der Waals surface area (Å²) < 4.78 is 0. The van der Waals surface area contributed by atoms with E-state index in [1.165, 1.54) is 18.0 Å². The number of benzene rings is 2. The van der Waals surface area contributed by atoms with Crippen molar-refractivity contribution >= 4 is 29.0 Å². The van der Waals surface area contributed by atoms with E-state index >= 15 is 0 Å². The Morgan fingerprint density at radius 3 is 2.46 bits per heavy atom. The Hall–Kier alpha value is -2.92. The van der Waals surface area contributed by atoms with Crippen LogP contribution in [0.5, 0.6) is 0 Å². The summed E-state index contributed by atoms with van der Waals surface area (Å²) in [6.07, 6.45) is 3.94. The van der Waals surface area contributed by atoms with Gasteiger partial charge < -0.3 is 10.6 Å². The third-order valence-electron chi connectivity index (χ3n) is 3.92. The van der Waals surface area contributed by atoms with Crippen molar-refractivity contribution in [2.45, 2.75) is 19.9 Å².